The van der Waals surface area contributed by atoms with Crippen molar-refractivity contribution in [3.05, 3.63) is 39.1 Å². The Morgan fingerprint density at radius 2 is 2.30 bits per heavy atom. The van der Waals surface area contributed by atoms with E-state index < -0.39 is 0 Å². The van der Waals surface area contributed by atoms with Crippen molar-refractivity contribution in [1.82, 2.24) is 10.2 Å². The van der Waals surface area contributed by atoms with E-state index in [2.05, 4.69) is 31.4 Å². The van der Waals surface area contributed by atoms with E-state index in [4.69, 9.17) is 16.3 Å². The third kappa shape index (κ3) is 3.13. The summed E-state index contributed by atoms with van der Waals surface area (Å²) in [4.78, 5) is 12.2. The van der Waals surface area contributed by atoms with Crippen LogP contribution in [0.15, 0.2) is 22.8 Å². The lowest BCUT2D eigenvalue weighted by atomic mass is 10.2. The number of anilines is 1. The van der Waals surface area contributed by atoms with Crippen LogP contribution in [-0.2, 0) is 0 Å². The van der Waals surface area contributed by atoms with E-state index in [9.17, 15) is 4.79 Å². The monoisotopic (exact) mass is 357 g/mol. The second kappa shape index (κ2) is 6.28. The quantitative estimate of drug-likeness (QED) is 0.874. The number of carbonyl (C=O) groups is 1. The normalized spacial score (nSPS) is 10.4. The van der Waals surface area contributed by atoms with E-state index in [0.717, 1.165) is 0 Å². The first-order valence-corrected chi connectivity index (χ1v) is 7.13. The van der Waals surface area contributed by atoms with Crippen LogP contribution in [-0.4, -0.2) is 22.7 Å². The summed E-state index contributed by atoms with van der Waals surface area (Å²) in [5.41, 5.74) is 1.68. The van der Waals surface area contributed by atoms with Gasteiger partial charge in [0, 0.05) is 10.7 Å². The molecule has 2 aromatic rings. The van der Waals surface area contributed by atoms with Gasteiger partial charge in [-0.25, -0.2) is 0 Å². The Labute approximate surface area is 129 Å². The van der Waals surface area contributed by atoms with Crippen LogP contribution in [0.5, 0.6) is 5.75 Å². The molecule has 0 saturated heterocycles. The summed E-state index contributed by atoms with van der Waals surface area (Å²) in [7, 11) is 0. The molecule has 1 amide bonds. The number of H-pyrrole nitrogens is 1. The van der Waals surface area contributed by atoms with E-state index in [1.54, 1.807) is 19.1 Å². The van der Waals surface area contributed by atoms with Crippen LogP contribution in [0.3, 0.4) is 0 Å². The number of hydrogen-bond donors (Lipinski definition) is 2. The molecule has 0 radical (unpaired) electrons. The second-order valence-electron chi connectivity index (χ2n) is 4.06. The molecule has 5 nitrogen and oxygen atoms in total. The number of benzene rings is 1. The van der Waals surface area contributed by atoms with Crippen LogP contribution in [0.2, 0.25) is 5.02 Å². The largest absolute Gasteiger partial charge is 0.491 e. The summed E-state index contributed by atoms with van der Waals surface area (Å²) in [5.74, 6) is 0.276. The molecule has 0 bridgehead atoms. The summed E-state index contributed by atoms with van der Waals surface area (Å²) < 4.78 is 6.21. The zero-order chi connectivity index (χ0) is 14.7. The molecule has 0 aliphatic carbocycles. The lowest BCUT2D eigenvalue weighted by Gasteiger charge is -2.13. The number of nitrogens with zero attached hydrogens (tertiary/aromatic N) is 1. The van der Waals surface area contributed by atoms with Gasteiger partial charge in [0.1, 0.15) is 0 Å². The summed E-state index contributed by atoms with van der Waals surface area (Å²) in [6.45, 7) is 4.12. The second-order valence-corrected chi connectivity index (χ2v) is 5.35. The van der Waals surface area contributed by atoms with E-state index in [0.29, 0.717) is 38.8 Å². The molecule has 20 heavy (non-hydrogen) atoms. The highest BCUT2D eigenvalue weighted by atomic mass is 79.9. The van der Waals surface area contributed by atoms with Gasteiger partial charge in [0.25, 0.3) is 5.91 Å². The zero-order valence-electron chi connectivity index (χ0n) is 11.0. The molecule has 0 unspecified atom stereocenters. The topological polar surface area (TPSA) is 67.0 Å². The summed E-state index contributed by atoms with van der Waals surface area (Å²) in [5, 5.41) is 9.83. The van der Waals surface area contributed by atoms with E-state index in [-0.39, 0.29) is 5.91 Å². The number of rotatable bonds is 4. The molecule has 1 aromatic heterocycles. The van der Waals surface area contributed by atoms with Crippen molar-refractivity contribution >= 4 is 39.1 Å². The Morgan fingerprint density at radius 3 is 2.90 bits per heavy atom. The van der Waals surface area contributed by atoms with Crippen LogP contribution < -0.4 is 10.1 Å². The molecule has 1 aromatic carbocycles. The first kappa shape index (κ1) is 14.9. The van der Waals surface area contributed by atoms with Gasteiger partial charge in [-0.2, -0.15) is 5.10 Å². The Kier molecular flexibility index (Phi) is 4.67. The summed E-state index contributed by atoms with van der Waals surface area (Å²) >= 11 is 9.38. The van der Waals surface area contributed by atoms with Gasteiger partial charge in [0.15, 0.2) is 5.75 Å². The van der Waals surface area contributed by atoms with Crippen LogP contribution in [0.25, 0.3) is 0 Å². The van der Waals surface area contributed by atoms with Gasteiger partial charge in [-0.15, -0.1) is 0 Å². The first-order valence-electron chi connectivity index (χ1n) is 5.96. The van der Waals surface area contributed by atoms with Crippen LogP contribution in [0, 0.1) is 6.92 Å². The van der Waals surface area contributed by atoms with Gasteiger partial charge in [0.05, 0.1) is 28.5 Å². The van der Waals surface area contributed by atoms with Gasteiger partial charge in [-0.05, 0) is 41.9 Å². The molecule has 2 N–H and O–H groups in total. The maximum absolute atomic E-state index is 12.2. The minimum Gasteiger partial charge on any atom is -0.491 e. The van der Waals surface area contributed by atoms with Crippen molar-refractivity contribution in [2.45, 2.75) is 13.8 Å². The fraction of sp³-hybridized carbons (Fsp3) is 0.231. The van der Waals surface area contributed by atoms with Gasteiger partial charge in [0.2, 0.25) is 0 Å². The Bertz CT molecular complexity index is 643. The highest BCUT2D eigenvalue weighted by molar-refractivity contribution is 9.10. The van der Waals surface area contributed by atoms with Crippen molar-refractivity contribution in [3.8, 4) is 5.75 Å². The average Bonchev–Trinajstić information content (AvgIpc) is 2.80. The third-order valence-corrected chi connectivity index (χ3v) is 3.43. The molecule has 0 atom stereocenters. The predicted molar refractivity (Wildman–Crippen MR) is 81.6 cm³/mol. The number of aromatic nitrogens is 2. The fourth-order valence-electron chi connectivity index (χ4n) is 1.71. The third-order valence-electron chi connectivity index (χ3n) is 2.62. The standard InChI is InChI=1S/C13H13BrClN3O2/c1-3-20-12-10(14)4-8(15)5-11(12)17-13(19)9-6-16-18-7(9)2/h4-6H,3H2,1-2H3,(H,16,18)(H,17,19). The van der Waals surface area contributed by atoms with E-state index >= 15 is 0 Å². The highest BCUT2D eigenvalue weighted by Gasteiger charge is 2.16. The lowest BCUT2D eigenvalue weighted by Crippen LogP contribution is -2.13. The van der Waals surface area contributed by atoms with Crippen molar-refractivity contribution in [2.24, 2.45) is 0 Å². The van der Waals surface area contributed by atoms with Crippen molar-refractivity contribution in [2.75, 3.05) is 11.9 Å². The minimum atomic E-state index is -0.272. The van der Waals surface area contributed by atoms with Gasteiger partial charge in [-0.3, -0.25) is 9.89 Å². The van der Waals surface area contributed by atoms with Crippen molar-refractivity contribution in [1.29, 1.82) is 0 Å². The Morgan fingerprint density at radius 1 is 1.55 bits per heavy atom. The van der Waals surface area contributed by atoms with Crippen LogP contribution >= 0.6 is 27.5 Å². The minimum absolute atomic E-state index is 0.272. The van der Waals surface area contributed by atoms with Crippen molar-refractivity contribution in [3.63, 3.8) is 0 Å². The number of hydrogen-bond acceptors (Lipinski definition) is 3. The average molecular weight is 359 g/mol. The first-order chi connectivity index (χ1) is 9.52. The smallest absolute Gasteiger partial charge is 0.259 e. The number of nitrogens with one attached hydrogen (secondary N) is 2. The molecular weight excluding hydrogens is 346 g/mol. The number of carbonyl (C=O) groups excluding carboxylic acids is 1. The number of aryl methyl sites for hydroxylation is 1. The van der Waals surface area contributed by atoms with Crippen molar-refractivity contribution < 1.29 is 9.53 Å². The molecule has 106 valence electrons. The number of ether oxygens (including phenoxy) is 1. The van der Waals surface area contributed by atoms with E-state index in [1.807, 2.05) is 6.92 Å². The molecular formula is C13H13BrClN3O2. The van der Waals surface area contributed by atoms with Crippen LogP contribution in [0.1, 0.15) is 23.0 Å². The predicted octanol–water partition coefficient (Wildman–Crippen LogP) is 3.79. The summed E-state index contributed by atoms with van der Waals surface area (Å²) in [6.07, 6.45) is 1.48. The maximum atomic E-state index is 12.2. The molecule has 0 aliphatic rings. The molecule has 0 aliphatic heterocycles. The molecule has 0 fully saturated rings. The van der Waals surface area contributed by atoms with Gasteiger partial charge in [-0.1, -0.05) is 11.6 Å². The molecule has 0 saturated carbocycles. The SMILES string of the molecule is CCOc1c(Br)cc(Cl)cc1NC(=O)c1cn[nH]c1C. The lowest BCUT2D eigenvalue weighted by molar-refractivity contribution is 0.102. The molecule has 7 heteroatoms. The Balaban J connectivity index is 2.33. The van der Waals surface area contributed by atoms with E-state index in [1.165, 1.54) is 6.20 Å². The molecule has 0 spiro atoms. The molecule has 1 heterocycles. The Hall–Kier alpha value is -1.53. The molecule has 2 rings (SSSR count). The number of halogens is 2. The van der Waals surface area contributed by atoms with Gasteiger partial charge >= 0.3 is 0 Å². The maximum Gasteiger partial charge on any atom is 0.259 e. The number of amides is 1. The zero-order valence-corrected chi connectivity index (χ0v) is 13.3. The fourth-order valence-corrected chi connectivity index (χ4v) is 2.64. The summed E-state index contributed by atoms with van der Waals surface area (Å²) in [6, 6.07) is 3.36. The highest BCUT2D eigenvalue weighted by Crippen LogP contribution is 2.36. The van der Waals surface area contributed by atoms with Crippen LogP contribution in [0.4, 0.5) is 5.69 Å². The number of aromatic amines is 1. The van der Waals surface area contributed by atoms with Gasteiger partial charge < -0.3 is 10.1 Å².